The summed E-state index contributed by atoms with van der Waals surface area (Å²) in [6.45, 7) is 2.22. The van der Waals surface area contributed by atoms with Gasteiger partial charge in [-0.3, -0.25) is 4.18 Å². The fourth-order valence-corrected chi connectivity index (χ4v) is 3.04. The lowest BCUT2D eigenvalue weighted by Gasteiger charge is -2.06. The van der Waals surface area contributed by atoms with Crippen LogP contribution in [0.5, 0.6) is 0 Å². The van der Waals surface area contributed by atoms with Gasteiger partial charge in [0.25, 0.3) is 10.1 Å². The van der Waals surface area contributed by atoms with Crippen LogP contribution in [0.4, 0.5) is 0 Å². The molecule has 0 atom stereocenters. The van der Waals surface area contributed by atoms with Gasteiger partial charge in [-0.15, -0.1) is 0 Å². The molecule has 0 aliphatic carbocycles. The Hall–Kier alpha value is -1.17. The molecule has 0 bridgehead atoms. The van der Waals surface area contributed by atoms with Crippen LogP contribution in [-0.2, 0) is 14.3 Å². The molecule has 112 valence electrons. The Balaban J connectivity index is 2.17. The average Bonchev–Trinajstić information content (AvgIpc) is 2.48. The average molecular weight is 369 g/mol. The van der Waals surface area contributed by atoms with E-state index in [4.69, 9.17) is 4.18 Å². The molecule has 21 heavy (non-hydrogen) atoms. The van der Waals surface area contributed by atoms with E-state index in [0.29, 0.717) is 0 Å². The topological polar surface area (TPSA) is 43.4 Å². The normalized spacial score (nSPS) is 11.5. The summed E-state index contributed by atoms with van der Waals surface area (Å²) in [4.78, 5) is 0.194. The van der Waals surface area contributed by atoms with E-state index in [0.717, 1.165) is 28.4 Å². The molecule has 0 fully saturated rings. The van der Waals surface area contributed by atoms with Crippen LogP contribution in [0.2, 0.25) is 0 Å². The van der Waals surface area contributed by atoms with Gasteiger partial charge >= 0.3 is 0 Å². The summed E-state index contributed by atoms with van der Waals surface area (Å²) in [7, 11) is -3.65. The van der Waals surface area contributed by atoms with E-state index in [-0.39, 0.29) is 11.5 Å². The zero-order valence-corrected chi connectivity index (χ0v) is 14.2. The van der Waals surface area contributed by atoms with Crippen molar-refractivity contribution >= 4 is 26.0 Å². The van der Waals surface area contributed by atoms with Gasteiger partial charge in [0.05, 0.1) is 11.5 Å². The van der Waals surface area contributed by atoms with Gasteiger partial charge in [-0.05, 0) is 41.8 Å². The molecule has 0 aromatic heterocycles. The lowest BCUT2D eigenvalue weighted by atomic mass is 10.1. The summed E-state index contributed by atoms with van der Waals surface area (Å²) in [5, 5.41) is 0. The third-order valence-corrected chi connectivity index (χ3v) is 4.91. The fourth-order valence-electron chi connectivity index (χ4n) is 1.84. The molecule has 2 aromatic carbocycles. The van der Waals surface area contributed by atoms with E-state index >= 15 is 0 Å². The molecule has 3 nitrogen and oxygen atoms in total. The molecule has 0 saturated carbocycles. The van der Waals surface area contributed by atoms with E-state index in [2.05, 4.69) is 15.9 Å². The summed E-state index contributed by atoms with van der Waals surface area (Å²) in [5.41, 5.74) is 2.00. The summed E-state index contributed by atoms with van der Waals surface area (Å²) in [5.74, 6) is 0. The van der Waals surface area contributed by atoms with Gasteiger partial charge in [-0.25, -0.2) is 0 Å². The molecule has 0 radical (unpaired) electrons. The first kappa shape index (κ1) is 16.2. The van der Waals surface area contributed by atoms with Crippen LogP contribution in [0.25, 0.3) is 11.1 Å². The number of unbranched alkanes of at least 4 members (excludes halogenated alkanes) is 1. The molecule has 0 unspecified atom stereocenters. The van der Waals surface area contributed by atoms with Crippen molar-refractivity contribution in [2.24, 2.45) is 0 Å². The molecule has 0 saturated heterocycles. The summed E-state index contributed by atoms with van der Waals surface area (Å²) in [6, 6.07) is 14.6. The summed E-state index contributed by atoms with van der Waals surface area (Å²) >= 11 is 3.39. The Kier molecular flexibility index (Phi) is 5.56. The van der Waals surface area contributed by atoms with E-state index in [1.165, 1.54) is 0 Å². The number of hydrogen-bond donors (Lipinski definition) is 0. The van der Waals surface area contributed by atoms with Crippen LogP contribution < -0.4 is 0 Å². The van der Waals surface area contributed by atoms with E-state index < -0.39 is 10.1 Å². The van der Waals surface area contributed by atoms with Crippen LogP contribution >= 0.6 is 15.9 Å². The predicted molar refractivity (Wildman–Crippen MR) is 87.6 cm³/mol. The van der Waals surface area contributed by atoms with Gasteiger partial charge in [0.15, 0.2) is 0 Å². The van der Waals surface area contributed by atoms with Gasteiger partial charge < -0.3 is 0 Å². The van der Waals surface area contributed by atoms with Gasteiger partial charge in [0.1, 0.15) is 0 Å². The van der Waals surface area contributed by atoms with E-state index in [1.54, 1.807) is 24.3 Å². The second-order valence-corrected chi connectivity index (χ2v) is 7.19. The van der Waals surface area contributed by atoms with Crippen LogP contribution in [0.15, 0.2) is 57.9 Å². The molecule has 0 N–H and O–H groups in total. The zero-order chi connectivity index (χ0) is 15.3. The predicted octanol–water partition coefficient (Wildman–Crippen LogP) is 4.62. The van der Waals surface area contributed by atoms with E-state index in [9.17, 15) is 8.42 Å². The molecule has 0 aliphatic rings. The number of rotatable bonds is 6. The van der Waals surface area contributed by atoms with Crippen molar-refractivity contribution in [2.45, 2.75) is 24.7 Å². The smallest absolute Gasteiger partial charge is 0.266 e. The van der Waals surface area contributed by atoms with Crippen molar-refractivity contribution in [1.82, 2.24) is 0 Å². The summed E-state index contributed by atoms with van der Waals surface area (Å²) < 4.78 is 29.9. The quantitative estimate of drug-likeness (QED) is 0.551. The Labute approximate surface area is 134 Å². The van der Waals surface area contributed by atoms with Gasteiger partial charge in [0.2, 0.25) is 0 Å². The SMILES string of the molecule is CCCCOS(=O)(=O)c1ccc(-c2ccc(Br)cc2)cc1. The first-order chi connectivity index (χ1) is 10.0. The van der Waals surface area contributed by atoms with Crippen LogP contribution in [0.3, 0.4) is 0 Å². The third-order valence-electron chi connectivity index (χ3n) is 3.06. The molecule has 0 spiro atoms. The first-order valence-electron chi connectivity index (χ1n) is 6.78. The highest BCUT2D eigenvalue weighted by molar-refractivity contribution is 9.10. The van der Waals surface area contributed by atoms with Crippen molar-refractivity contribution in [2.75, 3.05) is 6.61 Å². The number of hydrogen-bond acceptors (Lipinski definition) is 3. The molecule has 2 rings (SSSR count). The maximum Gasteiger partial charge on any atom is 0.296 e. The van der Waals surface area contributed by atoms with Crippen molar-refractivity contribution in [3.05, 3.63) is 53.0 Å². The monoisotopic (exact) mass is 368 g/mol. The second kappa shape index (κ2) is 7.20. The second-order valence-electron chi connectivity index (χ2n) is 4.66. The van der Waals surface area contributed by atoms with Crippen molar-refractivity contribution in [1.29, 1.82) is 0 Å². The minimum atomic E-state index is -3.65. The minimum Gasteiger partial charge on any atom is -0.266 e. The highest BCUT2D eigenvalue weighted by Gasteiger charge is 2.14. The van der Waals surface area contributed by atoms with Crippen LogP contribution in [0.1, 0.15) is 19.8 Å². The Morgan fingerprint density at radius 2 is 1.48 bits per heavy atom. The summed E-state index contributed by atoms with van der Waals surface area (Å²) in [6.07, 6.45) is 1.63. The molecule has 0 amide bonds. The largest absolute Gasteiger partial charge is 0.296 e. The molecular formula is C16H17BrO3S. The molecule has 0 heterocycles. The van der Waals surface area contributed by atoms with Crippen LogP contribution in [-0.4, -0.2) is 15.0 Å². The highest BCUT2D eigenvalue weighted by atomic mass is 79.9. The lowest BCUT2D eigenvalue weighted by Crippen LogP contribution is -2.07. The Morgan fingerprint density at radius 1 is 0.952 bits per heavy atom. The van der Waals surface area contributed by atoms with Crippen molar-refractivity contribution in [3.63, 3.8) is 0 Å². The number of benzene rings is 2. The molecule has 5 heteroatoms. The zero-order valence-electron chi connectivity index (χ0n) is 11.8. The highest BCUT2D eigenvalue weighted by Crippen LogP contribution is 2.23. The van der Waals surface area contributed by atoms with E-state index in [1.807, 2.05) is 31.2 Å². The maximum atomic E-state index is 12.0. The molecular weight excluding hydrogens is 352 g/mol. The van der Waals surface area contributed by atoms with Gasteiger partial charge in [0, 0.05) is 4.47 Å². The van der Waals surface area contributed by atoms with Crippen molar-refractivity contribution < 1.29 is 12.6 Å². The first-order valence-corrected chi connectivity index (χ1v) is 8.98. The maximum absolute atomic E-state index is 12.0. The Bertz CT molecular complexity index is 676. The molecule has 0 aliphatic heterocycles. The van der Waals surface area contributed by atoms with Gasteiger partial charge in [-0.1, -0.05) is 53.5 Å². The van der Waals surface area contributed by atoms with Crippen LogP contribution in [0, 0.1) is 0 Å². The fraction of sp³-hybridized carbons (Fsp3) is 0.250. The Morgan fingerprint density at radius 3 is 2.00 bits per heavy atom. The van der Waals surface area contributed by atoms with Crippen molar-refractivity contribution in [3.8, 4) is 11.1 Å². The molecule has 2 aromatic rings. The standard InChI is InChI=1S/C16H17BrO3S/c1-2-3-12-20-21(18,19)16-10-6-14(7-11-16)13-4-8-15(17)9-5-13/h4-11H,2-3,12H2,1H3. The lowest BCUT2D eigenvalue weighted by molar-refractivity contribution is 0.311. The number of halogens is 1. The van der Waals surface area contributed by atoms with Gasteiger partial charge in [-0.2, -0.15) is 8.42 Å². The third kappa shape index (κ3) is 4.40. The minimum absolute atomic E-state index is 0.194.